The van der Waals surface area contributed by atoms with E-state index in [0.29, 0.717) is 13.0 Å². The van der Waals surface area contributed by atoms with E-state index in [1.165, 1.54) is 6.26 Å². The number of ether oxygens (including phenoxy) is 2. The third-order valence-corrected chi connectivity index (χ3v) is 3.28. The van der Waals surface area contributed by atoms with Crippen LogP contribution >= 0.6 is 0 Å². The summed E-state index contributed by atoms with van der Waals surface area (Å²) in [6.07, 6.45) is 3.28. The maximum Gasteiger partial charge on any atom is 0.335 e. The standard InChI is InChI=1S/C12H16O5/c1-2-16-12-10-7(5-13)3-4-8(10)9(6-17-12)11(14)15/h3,6,8,10,12-13H,2,4-5H2,1H3,(H,14,15)/t8-,10-,12?/m1/s1. The highest BCUT2D eigenvalue weighted by molar-refractivity contribution is 5.87. The van der Waals surface area contributed by atoms with Crippen LogP contribution in [0.3, 0.4) is 0 Å². The predicted octanol–water partition coefficient (Wildman–Crippen LogP) is 0.902. The first-order chi connectivity index (χ1) is 8.19. The van der Waals surface area contributed by atoms with Gasteiger partial charge in [0.05, 0.1) is 24.4 Å². The Bertz CT molecular complexity index is 371. The average Bonchev–Trinajstić information content (AvgIpc) is 2.73. The second kappa shape index (κ2) is 4.89. The van der Waals surface area contributed by atoms with Crippen molar-refractivity contribution in [1.82, 2.24) is 0 Å². The van der Waals surface area contributed by atoms with E-state index < -0.39 is 12.3 Å². The Morgan fingerprint density at radius 2 is 2.41 bits per heavy atom. The average molecular weight is 240 g/mol. The molecular formula is C12H16O5. The van der Waals surface area contributed by atoms with E-state index in [1.807, 2.05) is 13.0 Å². The fourth-order valence-electron chi connectivity index (χ4n) is 2.50. The quantitative estimate of drug-likeness (QED) is 0.714. The van der Waals surface area contributed by atoms with E-state index >= 15 is 0 Å². The minimum atomic E-state index is -0.970. The largest absolute Gasteiger partial charge is 0.478 e. The van der Waals surface area contributed by atoms with Crippen molar-refractivity contribution in [2.45, 2.75) is 19.6 Å². The van der Waals surface area contributed by atoms with Crippen molar-refractivity contribution in [3.8, 4) is 0 Å². The van der Waals surface area contributed by atoms with Crippen LogP contribution < -0.4 is 0 Å². The molecule has 0 aromatic heterocycles. The number of aliphatic carboxylic acids is 1. The van der Waals surface area contributed by atoms with Crippen LogP contribution in [0.2, 0.25) is 0 Å². The highest BCUT2D eigenvalue weighted by atomic mass is 16.7. The molecule has 0 bridgehead atoms. The Morgan fingerprint density at radius 3 is 3.00 bits per heavy atom. The molecule has 0 amide bonds. The molecule has 3 atom stereocenters. The third-order valence-electron chi connectivity index (χ3n) is 3.28. The molecule has 2 N–H and O–H groups in total. The van der Waals surface area contributed by atoms with Crippen LogP contribution in [0.4, 0.5) is 0 Å². The van der Waals surface area contributed by atoms with Gasteiger partial charge in [-0.05, 0) is 18.9 Å². The van der Waals surface area contributed by atoms with Gasteiger partial charge in [-0.15, -0.1) is 0 Å². The van der Waals surface area contributed by atoms with Gasteiger partial charge in [-0.3, -0.25) is 0 Å². The lowest BCUT2D eigenvalue weighted by Gasteiger charge is -2.33. The summed E-state index contributed by atoms with van der Waals surface area (Å²) >= 11 is 0. The normalized spacial score (nSPS) is 31.3. The van der Waals surface area contributed by atoms with E-state index in [9.17, 15) is 9.90 Å². The van der Waals surface area contributed by atoms with Gasteiger partial charge in [0.15, 0.2) is 0 Å². The van der Waals surface area contributed by atoms with Crippen molar-refractivity contribution < 1.29 is 24.5 Å². The molecule has 0 spiro atoms. The van der Waals surface area contributed by atoms with Gasteiger partial charge in [-0.2, -0.15) is 0 Å². The third kappa shape index (κ3) is 2.08. The maximum absolute atomic E-state index is 11.1. The molecule has 0 radical (unpaired) electrons. The van der Waals surface area contributed by atoms with Crippen LogP contribution in [0.1, 0.15) is 13.3 Å². The van der Waals surface area contributed by atoms with E-state index in [1.54, 1.807) is 0 Å². The number of carboxylic acid groups (broad SMARTS) is 1. The number of aliphatic hydroxyl groups is 1. The molecule has 1 aliphatic carbocycles. The van der Waals surface area contributed by atoms with Crippen molar-refractivity contribution in [1.29, 1.82) is 0 Å². The molecule has 1 aliphatic heterocycles. The number of carboxylic acids is 1. The fraction of sp³-hybridized carbons (Fsp3) is 0.583. The van der Waals surface area contributed by atoms with Crippen LogP contribution in [0.25, 0.3) is 0 Å². The van der Waals surface area contributed by atoms with Gasteiger partial charge in [0.25, 0.3) is 0 Å². The smallest absolute Gasteiger partial charge is 0.335 e. The molecule has 2 aliphatic rings. The van der Waals surface area contributed by atoms with Gasteiger partial charge in [-0.1, -0.05) is 6.08 Å². The van der Waals surface area contributed by atoms with Crippen LogP contribution in [-0.2, 0) is 14.3 Å². The van der Waals surface area contributed by atoms with Gasteiger partial charge < -0.3 is 19.7 Å². The van der Waals surface area contributed by atoms with Crippen LogP contribution in [-0.4, -0.2) is 35.7 Å². The molecule has 0 aromatic rings. The Morgan fingerprint density at radius 1 is 1.65 bits per heavy atom. The molecule has 17 heavy (non-hydrogen) atoms. The Hall–Kier alpha value is -1.33. The lowest BCUT2D eigenvalue weighted by Crippen LogP contribution is -2.37. The first-order valence-corrected chi connectivity index (χ1v) is 5.69. The van der Waals surface area contributed by atoms with Crippen LogP contribution in [0.5, 0.6) is 0 Å². The van der Waals surface area contributed by atoms with Crippen molar-refractivity contribution in [3.05, 3.63) is 23.5 Å². The second-order valence-corrected chi connectivity index (χ2v) is 4.14. The fourth-order valence-corrected chi connectivity index (χ4v) is 2.50. The lowest BCUT2D eigenvalue weighted by molar-refractivity contribution is -0.152. The Balaban J connectivity index is 2.26. The van der Waals surface area contributed by atoms with Crippen LogP contribution in [0, 0.1) is 11.8 Å². The predicted molar refractivity (Wildman–Crippen MR) is 59.0 cm³/mol. The Kier molecular flexibility index (Phi) is 3.49. The molecule has 5 nitrogen and oxygen atoms in total. The first-order valence-electron chi connectivity index (χ1n) is 5.69. The number of hydrogen-bond acceptors (Lipinski definition) is 4. The maximum atomic E-state index is 11.1. The summed E-state index contributed by atoms with van der Waals surface area (Å²) in [4.78, 5) is 11.1. The highest BCUT2D eigenvalue weighted by Crippen LogP contribution is 2.43. The minimum absolute atomic E-state index is 0.0823. The zero-order chi connectivity index (χ0) is 12.4. The number of rotatable bonds is 4. The molecule has 0 saturated heterocycles. The summed E-state index contributed by atoms with van der Waals surface area (Å²) in [6, 6.07) is 0. The lowest BCUT2D eigenvalue weighted by atomic mass is 9.83. The summed E-state index contributed by atoms with van der Waals surface area (Å²) in [5.41, 5.74) is 1.06. The number of carbonyl (C=O) groups is 1. The van der Waals surface area contributed by atoms with E-state index in [0.717, 1.165) is 5.57 Å². The van der Waals surface area contributed by atoms with Crippen molar-refractivity contribution in [3.63, 3.8) is 0 Å². The summed E-state index contributed by atoms with van der Waals surface area (Å²) in [5.74, 6) is -1.31. The zero-order valence-electron chi connectivity index (χ0n) is 9.63. The van der Waals surface area contributed by atoms with Gasteiger partial charge in [0.1, 0.15) is 0 Å². The molecule has 2 rings (SSSR count). The van der Waals surface area contributed by atoms with E-state index in [-0.39, 0.29) is 24.0 Å². The molecule has 1 heterocycles. The molecular weight excluding hydrogens is 224 g/mol. The summed E-state index contributed by atoms with van der Waals surface area (Å²) in [6.45, 7) is 2.26. The number of aliphatic hydroxyl groups excluding tert-OH is 1. The zero-order valence-corrected chi connectivity index (χ0v) is 9.63. The number of allylic oxidation sites excluding steroid dienone is 1. The summed E-state index contributed by atoms with van der Waals surface area (Å²) in [5, 5.41) is 18.4. The number of hydrogen-bond donors (Lipinski definition) is 2. The van der Waals surface area contributed by atoms with Gasteiger partial charge in [0.2, 0.25) is 6.29 Å². The molecule has 0 aromatic carbocycles. The topological polar surface area (TPSA) is 76.0 Å². The highest BCUT2D eigenvalue weighted by Gasteiger charge is 2.43. The van der Waals surface area contributed by atoms with Gasteiger partial charge in [0, 0.05) is 12.5 Å². The van der Waals surface area contributed by atoms with Crippen LogP contribution in [0.15, 0.2) is 23.5 Å². The number of fused-ring (bicyclic) bond motifs is 1. The van der Waals surface area contributed by atoms with E-state index in [4.69, 9.17) is 14.6 Å². The molecule has 0 saturated carbocycles. The van der Waals surface area contributed by atoms with Gasteiger partial charge in [-0.25, -0.2) is 4.79 Å². The summed E-state index contributed by atoms with van der Waals surface area (Å²) < 4.78 is 10.8. The van der Waals surface area contributed by atoms with Crippen molar-refractivity contribution >= 4 is 5.97 Å². The van der Waals surface area contributed by atoms with Crippen molar-refractivity contribution in [2.24, 2.45) is 11.8 Å². The van der Waals surface area contributed by atoms with E-state index in [2.05, 4.69) is 0 Å². The molecule has 94 valence electrons. The monoisotopic (exact) mass is 240 g/mol. The molecule has 5 heteroatoms. The minimum Gasteiger partial charge on any atom is -0.478 e. The first kappa shape index (κ1) is 12.1. The van der Waals surface area contributed by atoms with Crippen molar-refractivity contribution in [2.75, 3.05) is 13.2 Å². The molecule has 1 unspecified atom stereocenters. The SMILES string of the molecule is CCOC1OC=C(C(=O)O)[C@H]2CC=C(CO)[C@@H]12. The Labute approximate surface area is 99.3 Å². The van der Waals surface area contributed by atoms with Gasteiger partial charge >= 0.3 is 5.97 Å². The second-order valence-electron chi connectivity index (χ2n) is 4.14. The summed E-state index contributed by atoms with van der Waals surface area (Å²) in [7, 11) is 0. The molecule has 0 fully saturated rings.